The Hall–Kier alpha value is -7.35. The summed E-state index contributed by atoms with van der Waals surface area (Å²) < 4.78 is 11.7. The van der Waals surface area contributed by atoms with E-state index in [0.717, 1.165) is 11.0 Å². The van der Waals surface area contributed by atoms with Crippen LogP contribution in [0, 0.1) is 0 Å². The Morgan fingerprint density at radius 2 is 0.931 bits per heavy atom. The molecule has 5 amide bonds. The Bertz CT molecular complexity index is 2420. The molecule has 6 rings (SSSR count). The van der Waals surface area contributed by atoms with Crippen LogP contribution < -0.4 is 20.0 Å². The normalized spacial score (nSPS) is 17.8. The number of hydrogen-bond donors (Lipinski definition) is 1. The zero-order chi connectivity index (χ0) is 53.5. The molecule has 3 aromatic heterocycles. The first-order valence-corrected chi connectivity index (χ1v) is 23.4. The van der Waals surface area contributed by atoms with E-state index >= 15 is 0 Å². The van der Waals surface area contributed by atoms with E-state index < -0.39 is 35.5 Å². The monoisotopic (exact) mass is 1070 g/mol. The second-order valence-electron chi connectivity index (χ2n) is 19.0. The summed E-state index contributed by atoms with van der Waals surface area (Å²) in [4.78, 5) is 106. The maximum Gasteiger partial charge on any atom is 0.411 e. The molecule has 0 aliphatic carbocycles. The minimum Gasteiger partial charge on any atom is -0.444 e. The fourth-order valence-electron chi connectivity index (χ4n) is 7.07. The van der Waals surface area contributed by atoms with Crippen molar-refractivity contribution in [3.63, 3.8) is 0 Å². The molecule has 28 nitrogen and oxygen atoms in total. The van der Waals surface area contributed by atoms with Crippen molar-refractivity contribution in [2.45, 2.75) is 70.9 Å². The molecule has 0 saturated carbocycles. The number of amides is 5. The number of aromatic nitrogens is 6. The molecular formula is C43H64BrN21O7. The van der Waals surface area contributed by atoms with Crippen LogP contribution in [-0.4, -0.2) is 215 Å². The van der Waals surface area contributed by atoms with E-state index in [9.17, 15) is 24.0 Å². The molecule has 0 spiro atoms. The molecule has 3 fully saturated rings. The summed E-state index contributed by atoms with van der Waals surface area (Å²) in [7, 11) is 10.1. The first-order valence-electron chi connectivity index (χ1n) is 22.6. The quantitative estimate of drug-likeness (QED) is 0.189. The minimum absolute atomic E-state index is 0.0281. The van der Waals surface area contributed by atoms with Gasteiger partial charge in [-0.15, -0.1) is 0 Å². The maximum absolute atomic E-state index is 12.6. The van der Waals surface area contributed by atoms with Gasteiger partial charge in [0, 0.05) is 135 Å². The highest BCUT2D eigenvalue weighted by Crippen LogP contribution is 2.23. The van der Waals surface area contributed by atoms with Gasteiger partial charge in [-0.05, 0) is 68.5 Å². The summed E-state index contributed by atoms with van der Waals surface area (Å²) in [5.74, 6) is 1.11. The largest absolute Gasteiger partial charge is 0.444 e. The number of piperazine rings is 3. The number of hydrogen-bond acceptors (Lipinski definition) is 19. The molecule has 1 N–H and O–H groups in total. The lowest BCUT2D eigenvalue weighted by atomic mass is 10.1. The topological polar surface area (TPSA) is 317 Å². The first-order chi connectivity index (χ1) is 33.8. The van der Waals surface area contributed by atoms with Crippen molar-refractivity contribution in [1.29, 1.82) is 0 Å². The van der Waals surface area contributed by atoms with Gasteiger partial charge in [0.25, 0.3) is 0 Å². The Labute approximate surface area is 426 Å². The molecule has 3 atom stereocenters. The van der Waals surface area contributed by atoms with Gasteiger partial charge in [0.15, 0.2) is 0 Å². The SMILES string of the molecule is CN(C)C(=O)[C@H]1CN(c2ncc(Br)cn2)CCN1C(=O)OC(C)(C)C.CN(C)C(=O)[C@H]1CN(c2ncc(N=[N+]=[N-])cn2)CCN1.CN(C)C(=O)[C@H]1CN(c2ncc(N=[N+]=[N-])cn2)CCN1C(=O)OC(C)(C)C. The van der Waals surface area contributed by atoms with Crippen LogP contribution in [0.1, 0.15) is 41.5 Å². The highest BCUT2D eigenvalue weighted by molar-refractivity contribution is 9.10. The lowest BCUT2D eigenvalue weighted by Gasteiger charge is -2.41. The summed E-state index contributed by atoms with van der Waals surface area (Å²) in [6.07, 6.45) is 8.05. The van der Waals surface area contributed by atoms with Gasteiger partial charge in [-0.3, -0.25) is 24.2 Å². The van der Waals surface area contributed by atoms with Crippen LogP contribution in [0.5, 0.6) is 0 Å². The van der Waals surface area contributed by atoms with E-state index in [1.165, 1.54) is 44.4 Å². The standard InChI is InChI=1S/C16H24BrN5O3.C16H24N8O3.C11H16N8O/c1-16(2,3)25-15(24)22-7-6-21(10-12(22)13(23)20(4)5)14-18-8-11(17)9-19-14;1-16(2,3)27-15(26)24-7-6-23(10-12(24)13(25)22(4)5)14-18-8-11(9-19-14)20-21-17;1-18(2)10(20)9-7-19(4-3-13-9)11-14-5-8(6-15-11)16-17-12/h8-9,12H,6-7,10H2,1-5H3;8-9,12H,6-7,10H2,1-5H3;5-6,9,13H,3-4,7H2,1-2H3/t2*12-;9-/m111/s1. The molecule has 0 unspecified atom stereocenters. The van der Waals surface area contributed by atoms with Crippen LogP contribution in [0.3, 0.4) is 0 Å². The molecule has 29 heteroatoms. The van der Waals surface area contributed by atoms with Crippen molar-refractivity contribution < 1.29 is 33.4 Å². The smallest absolute Gasteiger partial charge is 0.411 e. The third-order valence-electron chi connectivity index (χ3n) is 10.4. The first kappa shape index (κ1) is 57.2. The van der Waals surface area contributed by atoms with Gasteiger partial charge in [0.2, 0.25) is 35.6 Å². The highest BCUT2D eigenvalue weighted by atomic mass is 79.9. The molecule has 390 valence electrons. The van der Waals surface area contributed by atoms with Gasteiger partial charge in [0.05, 0.1) is 28.9 Å². The van der Waals surface area contributed by atoms with Crippen LogP contribution in [0.25, 0.3) is 20.9 Å². The van der Waals surface area contributed by atoms with Crippen molar-refractivity contribution in [3.8, 4) is 0 Å². The number of rotatable bonds is 8. The Morgan fingerprint density at radius 1 is 0.583 bits per heavy atom. The summed E-state index contributed by atoms with van der Waals surface area (Å²) in [6, 6.07) is -1.63. The predicted octanol–water partition coefficient (Wildman–Crippen LogP) is 3.97. The summed E-state index contributed by atoms with van der Waals surface area (Å²) in [5, 5.41) is 10.0. The zero-order valence-corrected chi connectivity index (χ0v) is 44.3. The molecule has 3 aliphatic rings. The number of likely N-dealkylation sites (N-methyl/N-ethyl adjacent to an activating group) is 3. The number of anilines is 3. The third-order valence-corrected chi connectivity index (χ3v) is 10.8. The van der Waals surface area contributed by atoms with E-state index in [4.69, 9.17) is 20.5 Å². The molecule has 0 radical (unpaired) electrons. The number of halogens is 1. The molecule has 0 aromatic carbocycles. The fourth-order valence-corrected chi connectivity index (χ4v) is 7.27. The summed E-state index contributed by atoms with van der Waals surface area (Å²) >= 11 is 3.31. The van der Waals surface area contributed by atoms with Gasteiger partial charge in [-0.2, -0.15) is 0 Å². The Kier molecular flexibility index (Phi) is 20.4. The average Bonchev–Trinajstić information content (AvgIpc) is 3.33. The number of azide groups is 2. The average molecular weight is 1070 g/mol. The van der Waals surface area contributed by atoms with Crippen molar-refractivity contribution in [1.82, 2.24) is 59.7 Å². The number of carbonyl (C=O) groups excluding carboxylic acids is 5. The number of nitrogens with zero attached hydrogens (tertiary/aromatic N) is 20. The number of ether oxygens (including phenoxy) is 2. The fraction of sp³-hybridized carbons (Fsp3) is 0.605. The van der Waals surface area contributed by atoms with Crippen molar-refractivity contribution in [2.75, 3.05) is 116 Å². The van der Waals surface area contributed by atoms with Gasteiger partial charge in [-0.25, -0.2) is 39.5 Å². The molecule has 72 heavy (non-hydrogen) atoms. The molecule has 3 saturated heterocycles. The maximum atomic E-state index is 12.6. The van der Waals surface area contributed by atoms with E-state index in [1.54, 1.807) is 101 Å². The lowest BCUT2D eigenvalue weighted by Crippen LogP contribution is -2.61. The van der Waals surface area contributed by atoms with Gasteiger partial charge < -0.3 is 44.2 Å². The van der Waals surface area contributed by atoms with Crippen LogP contribution >= 0.6 is 15.9 Å². The lowest BCUT2D eigenvalue weighted by molar-refractivity contribution is -0.135. The molecular weight excluding hydrogens is 1000 g/mol. The summed E-state index contributed by atoms with van der Waals surface area (Å²) in [6.45, 7) is 14.8. The minimum atomic E-state index is -0.719. The van der Waals surface area contributed by atoms with Gasteiger partial charge in [0.1, 0.15) is 29.3 Å². The van der Waals surface area contributed by atoms with Gasteiger partial charge in [-0.1, -0.05) is 10.2 Å². The zero-order valence-electron chi connectivity index (χ0n) is 42.7. The van der Waals surface area contributed by atoms with E-state index in [1.807, 2.05) is 14.7 Å². The van der Waals surface area contributed by atoms with E-state index in [0.29, 0.717) is 75.0 Å². The second kappa shape index (κ2) is 25.7. The van der Waals surface area contributed by atoms with Crippen molar-refractivity contribution >= 4 is 75.1 Å². The Morgan fingerprint density at radius 3 is 1.26 bits per heavy atom. The second-order valence-corrected chi connectivity index (χ2v) is 19.9. The van der Waals surface area contributed by atoms with Gasteiger partial charge >= 0.3 is 12.2 Å². The van der Waals surface area contributed by atoms with E-state index in [2.05, 4.69) is 71.2 Å². The number of carbonyl (C=O) groups is 5. The summed E-state index contributed by atoms with van der Waals surface area (Å²) in [5.41, 5.74) is 16.2. The van der Waals surface area contributed by atoms with Crippen molar-refractivity contribution in [2.24, 2.45) is 10.2 Å². The van der Waals surface area contributed by atoms with Crippen molar-refractivity contribution in [3.05, 3.63) is 62.5 Å². The van der Waals surface area contributed by atoms with E-state index in [-0.39, 0.29) is 30.3 Å². The molecule has 3 aromatic rings. The Balaban J connectivity index is 0.000000237. The number of nitrogens with one attached hydrogen (secondary N) is 1. The van der Waals surface area contributed by atoms with Crippen LogP contribution in [0.4, 0.5) is 38.8 Å². The van der Waals surface area contributed by atoms with Crippen LogP contribution in [-0.2, 0) is 23.9 Å². The molecule has 3 aliphatic heterocycles. The van der Waals surface area contributed by atoms with Crippen LogP contribution in [0.2, 0.25) is 0 Å². The van der Waals surface area contributed by atoms with Crippen LogP contribution in [0.15, 0.2) is 51.9 Å². The molecule has 0 bridgehead atoms. The third kappa shape index (κ3) is 16.9. The molecule has 6 heterocycles. The highest BCUT2D eigenvalue weighted by Gasteiger charge is 2.40. The predicted molar refractivity (Wildman–Crippen MR) is 269 cm³/mol.